The van der Waals surface area contributed by atoms with Crippen LogP contribution in [0.3, 0.4) is 0 Å². The van der Waals surface area contributed by atoms with Crippen LogP contribution in [0.15, 0.2) is 36.5 Å². The molecule has 1 aromatic heterocycles. The van der Waals surface area contributed by atoms with E-state index in [1.54, 1.807) is 22.8 Å². The molecule has 0 radical (unpaired) electrons. The number of nitrogens with zero attached hydrogens (tertiary/aromatic N) is 4. The lowest BCUT2D eigenvalue weighted by molar-refractivity contribution is 0.0613. The van der Waals surface area contributed by atoms with E-state index in [2.05, 4.69) is 15.6 Å². The molecule has 1 saturated heterocycles. The van der Waals surface area contributed by atoms with Gasteiger partial charge >= 0.3 is 12.2 Å². The van der Waals surface area contributed by atoms with Crippen LogP contribution in [0.1, 0.15) is 24.1 Å². The molecule has 9 nitrogen and oxygen atoms in total. The summed E-state index contributed by atoms with van der Waals surface area (Å²) in [5.74, 6) is 0. The lowest BCUT2D eigenvalue weighted by Crippen LogP contribution is -2.57. The minimum absolute atomic E-state index is 0.193. The van der Waals surface area contributed by atoms with Gasteiger partial charge in [0.1, 0.15) is 17.8 Å². The van der Waals surface area contributed by atoms with Crippen LogP contribution in [-0.2, 0) is 28.7 Å². The molecular formula is C18H23N5O4. The van der Waals surface area contributed by atoms with Gasteiger partial charge in [0, 0.05) is 13.6 Å². The zero-order chi connectivity index (χ0) is 19.3. The zero-order valence-corrected chi connectivity index (χ0v) is 15.4. The van der Waals surface area contributed by atoms with Crippen molar-refractivity contribution < 1.29 is 19.1 Å². The molecule has 1 atom stereocenters. The van der Waals surface area contributed by atoms with Crippen molar-refractivity contribution in [3.63, 3.8) is 0 Å². The van der Waals surface area contributed by atoms with Crippen molar-refractivity contribution in [2.75, 3.05) is 20.2 Å². The Hall–Kier alpha value is -3.10. The van der Waals surface area contributed by atoms with E-state index in [9.17, 15) is 9.59 Å². The summed E-state index contributed by atoms with van der Waals surface area (Å²) in [4.78, 5) is 26.1. The highest BCUT2D eigenvalue weighted by Gasteiger charge is 2.43. The van der Waals surface area contributed by atoms with Gasteiger partial charge in [-0.2, -0.15) is 0 Å². The Labute approximate surface area is 157 Å². The van der Waals surface area contributed by atoms with E-state index in [-0.39, 0.29) is 13.2 Å². The Kier molecular flexibility index (Phi) is 5.58. The molecule has 1 aliphatic heterocycles. The Morgan fingerprint density at radius 2 is 2.07 bits per heavy atom. The van der Waals surface area contributed by atoms with Gasteiger partial charge in [-0.3, -0.25) is 4.68 Å². The van der Waals surface area contributed by atoms with E-state index in [1.807, 2.05) is 30.3 Å². The van der Waals surface area contributed by atoms with Crippen LogP contribution < -0.4 is 5.32 Å². The topological polar surface area (TPSA) is 98.6 Å². The van der Waals surface area contributed by atoms with Crippen molar-refractivity contribution in [1.29, 1.82) is 0 Å². The van der Waals surface area contributed by atoms with Crippen LogP contribution in [0.2, 0.25) is 0 Å². The predicted molar refractivity (Wildman–Crippen MR) is 95.7 cm³/mol. The Balaban J connectivity index is 1.74. The third-order valence-corrected chi connectivity index (χ3v) is 4.58. The zero-order valence-electron chi connectivity index (χ0n) is 15.4. The molecule has 0 spiro atoms. The summed E-state index contributed by atoms with van der Waals surface area (Å²) in [6, 6.07) is 9.48. The third kappa shape index (κ3) is 4.36. The summed E-state index contributed by atoms with van der Waals surface area (Å²) in [5, 5.41) is 10.9. The van der Waals surface area contributed by atoms with E-state index in [1.165, 1.54) is 7.11 Å². The molecule has 2 amide bonds. The first-order valence-corrected chi connectivity index (χ1v) is 8.71. The molecule has 1 aliphatic rings. The molecule has 3 rings (SSSR count). The highest BCUT2D eigenvalue weighted by Crippen LogP contribution is 2.31. The van der Waals surface area contributed by atoms with Gasteiger partial charge in [-0.05, 0) is 18.4 Å². The van der Waals surface area contributed by atoms with Crippen LogP contribution in [0.25, 0.3) is 0 Å². The molecular weight excluding hydrogens is 350 g/mol. The molecule has 0 bridgehead atoms. The lowest BCUT2D eigenvalue weighted by Gasteiger charge is -2.41. The van der Waals surface area contributed by atoms with Crippen LogP contribution in [-0.4, -0.2) is 52.3 Å². The van der Waals surface area contributed by atoms with Crippen LogP contribution in [0, 0.1) is 0 Å². The Morgan fingerprint density at radius 1 is 1.30 bits per heavy atom. The van der Waals surface area contributed by atoms with Crippen molar-refractivity contribution in [3.05, 3.63) is 47.8 Å². The Bertz CT molecular complexity index is 794. The summed E-state index contributed by atoms with van der Waals surface area (Å²) in [7, 11) is 3.05. The van der Waals surface area contributed by atoms with E-state index < -0.39 is 17.7 Å². The van der Waals surface area contributed by atoms with Crippen molar-refractivity contribution in [2.24, 2.45) is 7.05 Å². The molecule has 144 valence electrons. The van der Waals surface area contributed by atoms with E-state index in [4.69, 9.17) is 9.47 Å². The lowest BCUT2D eigenvalue weighted by atomic mass is 9.86. The summed E-state index contributed by atoms with van der Waals surface area (Å²) < 4.78 is 11.8. The van der Waals surface area contributed by atoms with Crippen LogP contribution in [0.5, 0.6) is 0 Å². The van der Waals surface area contributed by atoms with Crippen LogP contribution in [0.4, 0.5) is 9.59 Å². The van der Waals surface area contributed by atoms with Gasteiger partial charge in [-0.25, -0.2) is 9.59 Å². The normalized spacial score (nSPS) is 19.4. The molecule has 1 unspecified atom stereocenters. The van der Waals surface area contributed by atoms with Crippen molar-refractivity contribution in [3.8, 4) is 0 Å². The van der Waals surface area contributed by atoms with Crippen molar-refractivity contribution >= 4 is 12.2 Å². The molecule has 2 heterocycles. The molecule has 27 heavy (non-hydrogen) atoms. The number of piperidine rings is 1. The number of carbonyl (C=O) groups excluding carboxylic acids is 2. The molecule has 2 aromatic rings. The number of nitrogens with one attached hydrogen (secondary N) is 1. The standard InChI is InChI=1S/C18H23N5O4/c1-22-11-15(20-21-22)18(19-16(24)26-2)9-6-10-23(13-18)17(25)27-12-14-7-4-3-5-8-14/h3-5,7-8,11H,6,9-10,12-13H2,1-2H3,(H,19,24). The monoisotopic (exact) mass is 373 g/mol. The number of alkyl carbamates (subject to hydrolysis) is 1. The van der Waals surface area contributed by atoms with E-state index in [0.717, 1.165) is 5.56 Å². The quantitative estimate of drug-likeness (QED) is 0.877. The van der Waals surface area contributed by atoms with Gasteiger partial charge in [-0.1, -0.05) is 35.5 Å². The number of aromatic nitrogens is 3. The molecule has 1 fully saturated rings. The second-order valence-electron chi connectivity index (χ2n) is 6.54. The highest BCUT2D eigenvalue weighted by molar-refractivity contribution is 5.70. The minimum Gasteiger partial charge on any atom is -0.453 e. The fourth-order valence-corrected chi connectivity index (χ4v) is 3.21. The summed E-state index contributed by atoms with van der Waals surface area (Å²) in [6.45, 7) is 0.964. The minimum atomic E-state index is -0.870. The first kappa shape index (κ1) is 18.7. The SMILES string of the molecule is COC(=O)NC1(c2cn(C)nn2)CCCN(C(=O)OCc2ccccc2)C1. The number of amides is 2. The second kappa shape index (κ2) is 8.07. The number of methoxy groups -OCH3 is 1. The predicted octanol–water partition coefficient (Wildman–Crippen LogP) is 1.80. The average molecular weight is 373 g/mol. The number of carbonyl (C=O) groups is 2. The van der Waals surface area contributed by atoms with Gasteiger partial charge < -0.3 is 19.7 Å². The number of rotatable bonds is 4. The van der Waals surface area contributed by atoms with Gasteiger partial charge in [0.05, 0.1) is 19.9 Å². The first-order valence-electron chi connectivity index (χ1n) is 8.71. The fraction of sp³-hybridized carbons (Fsp3) is 0.444. The molecule has 1 N–H and O–H groups in total. The summed E-state index contributed by atoms with van der Waals surface area (Å²) in [6.07, 6.45) is 2.01. The van der Waals surface area contributed by atoms with Gasteiger partial charge in [0.2, 0.25) is 0 Å². The smallest absolute Gasteiger partial charge is 0.410 e. The van der Waals surface area contributed by atoms with Gasteiger partial charge in [0.25, 0.3) is 0 Å². The molecule has 9 heteroatoms. The number of aryl methyl sites for hydroxylation is 1. The fourth-order valence-electron chi connectivity index (χ4n) is 3.21. The molecule has 0 saturated carbocycles. The number of ether oxygens (including phenoxy) is 2. The number of hydrogen-bond acceptors (Lipinski definition) is 6. The number of hydrogen-bond donors (Lipinski definition) is 1. The summed E-state index contributed by atoms with van der Waals surface area (Å²) >= 11 is 0. The number of benzene rings is 1. The maximum atomic E-state index is 12.6. The average Bonchev–Trinajstić information content (AvgIpc) is 3.14. The maximum Gasteiger partial charge on any atom is 0.410 e. The second-order valence-corrected chi connectivity index (χ2v) is 6.54. The summed E-state index contributed by atoms with van der Waals surface area (Å²) in [5.41, 5.74) is 0.623. The van der Waals surface area contributed by atoms with E-state index >= 15 is 0 Å². The largest absolute Gasteiger partial charge is 0.453 e. The van der Waals surface area contributed by atoms with Crippen molar-refractivity contribution in [2.45, 2.75) is 25.0 Å². The number of likely N-dealkylation sites (tertiary alicyclic amines) is 1. The van der Waals surface area contributed by atoms with Gasteiger partial charge in [-0.15, -0.1) is 5.10 Å². The maximum absolute atomic E-state index is 12.6. The Morgan fingerprint density at radius 3 is 2.74 bits per heavy atom. The van der Waals surface area contributed by atoms with Gasteiger partial charge in [0.15, 0.2) is 0 Å². The van der Waals surface area contributed by atoms with E-state index in [0.29, 0.717) is 25.1 Å². The van der Waals surface area contributed by atoms with Crippen molar-refractivity contribution in [1.82, 2.24) is 25.2 Å². The molecule has 1 aromatic carbocycles. The highest BCUT2D eigenvalue weighted by atomic mass is 16.6. The molecule has 0 aliphatic carbocycles. The third-order valence-electron chi connectivity index (χ3n) is 4.58. The van der Waals surface area contributed by atoms with Crippen LogP contribution >= 0.6 is 0 Å². The first-order chi connectivity index (χ1) is 13.0.